The molecule has 1 aromatic heterocycles. The van der Waals surface area contributed by atoms with Crippen LogP contribution in [-0.4, -0.2) is 17.6 Å². The second kappa shape index (κ2) is 5.34. The highest BCUT2D eigenvalue weighted by molar-refractivity contribution is 5.81. The number of carbonyl (C=O) groups is 1. The van der Waals surface area contributed by atoms with E-state index in [1.165, 1.54) is 0 Å². The van der Waals surface area contributed by atoms with Crippen molar-refractivity contribution in [1.29, 1.82) is 0 Å². The van der Waals surface area contributed by atoms with Gasteiger partial charge < -0.3 is 9.72 Å². The topological polar surface area (TPSA) is 42.1 Å². The summed E-state index contributed by atoms with van der Waals surface area (Å²) in [6, 6.07) is 13.4. The molecule has 88 valence electrons. The SMILES string of the molecule is CCOC(=O)C(c1ccccc1)c1ccc[nH]1. The highest BCUT2D eigenvalue weighted by Gasteiger charge is 2.24. The lowest BCUT2D eigenvalue weighted by Crippen LogP contribution is -2.17. The number of hydrogen-bond donors (Lipinski definition) is 1. The van der Waals surface area contributed by atoms with Crippen LogP contribution in [-0.2, 0) is 9.53 Å². The maximum Gasteiger partial charge on any atom is 0.319 e. The summed E-state index contributed by atoms with van der Waals surface area (Å²) in [6.45, 7) is 2.21. The van der Waals surface area contributed by atoms with E-state index in [9.17, 15) is 4.79 Å². The van der Waals surface area contributed by atoms with Gasteiger partial charge in [-0.1, -0.05) is 30.3 Å². The Hall–Kier alpha value is -2.03. The maximum atomic E-state index is 12.0. The molecule has 0 saturated carbocycles. The molecule has 0 radical (unpaired) electrons. The van der Waals surface area contributed by atoms with Crippen molar-refractivity contribution in [3.05, 3.63) is 59.9 Å². The van der Waals surface area contributed by atoms with Gasteiger partial charge in [-0.05, 0) is 24.6 Å². The smallest absolute Gasteiger partial charge is 0.319 e. The number of carbonyl (C=O) groups excluding carboxylic acids is 1. The normalized spacial score (nSPS) is 12.1. The molecule has 3 nitrogen and oxygen atoms in total. The van der Waals surface area contributed by atoms with Crippen molar-refractivity contribution in [2.45, 2.75) is 12.8 Å². The van der Waals surface area contributed by atoms with E-state index in [0.717, 1.165) is 11.3 Å². The molecule has 2 aromatic rings. The summed E-state index contributed by atoms with van der Waals surface area (Å²) in [5, 5.41) is 0. The van der Waals surface area contributed by atoms with Gasteiger partial charge in [0, 0.05) is 11.9 Å². The number of esters is 1. The molecule has 0 aliphatic rings. The van der Waals surface area contributed by atoms with E-state index in [1.807, 2.05) is 55.6 Å². The minimum absolute atomic E-state index is 0.221. The number of aromatic nitrogens is 1. The molecule has 1 atom stereocenters. The Morgan fingerprint density at radius 3 is 2.59 bits per heavy atom. The first-order chi connectivity index (χ1) is 8.33. The minimum atomic E-state index is -0.369. The van der Waals surface area contributed by atoms with Crippen molar-refractivity contribution in [3.63, 3.8) is 0 Å². The largest absolute Gasteiger partial charge is 0.465 e. The zero-order valence-electron chi connectivity index (χ0n) is 9.72. The van der Waals surface area contributed by atoms with Crippen LogP contribution in [0.5, 0.6) is 0 Å². The van der Waals surface area contributed by atoms with Crippen LogP contribution in [0.25, 0.3) is 0 Å². The lowest BCUT2D eigenvalue weighted by atomic mass is 9.96. The van der Waals surface area contributed by atoms with Crippen molar-refractivity contribution < 1.29 is 9.53 Å². The Labute approximate surface area is 100 Å². The van der Waals surface area contributed by atoms with E-state index in [4.69, 9.17) is 4.74 Å². The fourth-order valence-electron chi connectivity index (χ4n) is 1.84. The fraction of sp³-hybridized carbons (Fsp3) is 0.214. The van der Waals surface area contributed by atoms with Gasteiger partial charge in [-0.25, -0.2) is 0 Å². The van der Waals surface area contributed by atoms with Crippen LogP contribution in [0, 0.1) is 0 Å². The summed E-state index contributed by atoms with van der Waals surface area (Å²) in [4.78, 5) is 15.1. The molecular weight excluding hydrogens is 214 g/mol. The molecule has 0 spiro atoms. The predicted octanol–water partition coefficient (Wildman–Crippen LogP) is 2.71. The van der Waals surface area contributed by atoms with E-state index in [2.05, 4.69) is 4.98 Å². The van der Waals surface area contributed by atoms with Gasteiger partial charge in [0.15, 0.2) is 0 Å². The quantitative estimate of drug-likeness (QED) is 0.819. The van der Waals surface area contributed by atoms with E-state index in [1.54, 1.807) is 0 Å². The van der Waals surface area contributed by atoms with Gasteiger partial charge in [-0.2, -0.15) is 0 Å². The third kappa shape index (κ3) is 2.56. The highest BCUT2D eigenvalue weighted by atomic mass is 16.5. The lowest BCUT2D eigenvalue weighted by Gasteiger charge is -2.14. The first-order valence-corrected chi connectivity index (χ1v) is 5.67. The van der Waals surface area contributed by atoms with Crippen LogP contribution in [0.15, 0.2) is 48.7 Å². The summed E-state index contributed by atoms with van der Waals surface area (Å²) < 4.78 is 5.12. The van der Waals surface area contributed by atoms with Crippen LogP contribution in [0.3, 0.4) is 0 Å². The van der Waals surface area contributed by atoms with Crippen LogP contribution in [0.4, 0.5) is 0 Å². The second-order valence-electron chi connectivity index (χ2n) is 3.72. The van der Waals surface area contributed by atoms with Gasteiger partial charge in [0.25, 0.3) is 0 Å². The Morgan fingerprint density at radius 1 is 1.24 bits per heavy atom. The molecule has 0 saturated heterocycles. The number of nitrogens with one attached hydrogen (secondary N) is 1. The third-order valence-electron chi connectivity index (χ3n) is 2.59. The first kappa shape index (κ1) is 11.5. The van der Waals surface area contributed by atoms with E-state index >= 15 is 0 Å². The summed E-state index contributed by atoms with van der Waals surface area (Å²) in [5.41, 5.74) is 1.79. The Morgan fingerprint density at radius 2 is 2.00 bits per heavy atom. The number of ether oxygens (including phenoxy) is 1. The number of benzene rings is 1. The molecule has 0 amide bonds. The van der Waals surface area contributed by atoms with Crippen molar-refractivity contribution in [1.82, 2.24) is 4.98 Å². The van der Waals surface area contributed by atoms with Gasteiger partial charge in [-0.3, -0.25) is 4.79 Å². The third-order valence-corrected chi connectivity index (χ3v) is 2.59. The van der Waals surface area contributed by atoms with Crippen LogP contribution in [0.1, 0.15) is 24.1 Å². The predicted molar refractivity (Wildman–Crippen MR) is 65.7 cm³/mol. The summed E-state index contributed by atoms with van der Waals surface area (Å²) in [6.07, 6.45) is 1.81. The van der Waals surface area contributed by atoms with Gasteiger partial charge in [0.2, 0.25) is 0 Å². The van der Waals surface area contributed by atoms with Gasteiger partial charge in [-0.15, -0.1) is 0 Å². The zero-order chi connectivity index (χ0) is 12.1. The van der Waals surface area contributed by atoms with Gasteiger partial charge in [0.1, 0.15) is 5.92 Å². The molecule has 1 aromatic carbocycles. The lowest BCUT2D eigenvalue weighted by molar-refractivity contribution is -0.143. The monoisotopic (exact) mass is 229 g/mol. The van der Waals surface area contributed by atoms with E-state index in [0.29, 0.717) is 6.61 Å². The Balaban J connectivity index is 2.35. The summed E-state index contributed by atoms with van der Waals surface area (Å²) in [5.74, 6) is -0.590. The van der Waals surface area contributed by atoms with Gasteiger partial charge in [0.05, 0.1) is 6.61 Å². The number of aromatic amines is 1. The molecule has 0 fully saturated rings. The van der Waals surface area contributed by atoms with E-state index in [-0.39, 0.29) is 11.9 Å². The second-order valence-corrected chi connectivity index (χ2v) is 3.72. The standard InChI is InChI=1S/C14H15NO2/c1-2-17-14(16)13(12-9-6-10-15-12)11-7-4-3-5-8-11/h3-10,13,15H,2H2,1H3. The molecule has 2 rings (SSSR count). The van der Waals surface area contributed by atoms with Crippen molar-refractivity contribution >= 4 is 5.97 Å². The molecule has 0 bridgehead atoms. The van der Waals surface area contributed by atoms with Crippen molar-refractivity contribution in [2.75, 3.05) is 6.61 Å². The van der Waals surface area contributed by atoms with Crippen LogP contribution < -0.4 is 0 Å². The van der Waals surface area contributed by atoms with Crippen molar-refractivity contribution in [2.24, 2.45) is 0 Å². The molecule has 17 heavy (non-hydrogen) atoms. The molecule has 1 heterocycles. The molecule has 0 aliphatic carbocycles. The van der Waals surface area contributed by atoms with Gasteiger partial charge >= 0.3 is 5.97 Å². The number of rotatable bonds is 4. The highest BCUT2D eigenvalue weighted by Crippen LogP contribution is 2.24. The van der Waals surface area contributed by atoms with Crippen LogP contribution in [0.2, 0.25) is 0 Å². The molecular formula is C14H15NO2. The maximum absolute atomic E-state index is 12.0. The number of hydrogen-bond acceptors (Lipinski definition) is 2. The summed E-state index contributed by atoms with van der Waals surface area (Å²) >= 11 is 0. The molecule has 1 unspecified atom stereocenters. The van der Waals surface area contributed by atoms with Crippen molar-refractivity contribution in [3.8, 4) is 0 Å². The number of H-pyrrole nitrogens is 1. The fourth-order valence-corrected chi connectivity index (χ4v) is 1.84. The van der Waals surface area contributed by atoms with E-state index < -0.39 is 0 Å². The Kier molecular flexibility index (Phi) is 3.60. The minimum Gasteiger partial charge on any atom is -0.465 e. The average Bonchev–Trinajstić information content (AvgIpc) is 2.85. The first-order valence-electron chi connectivity index (χ1n) is 5.67. The zero-order valence-corrected chi connectivity index (χ0v) is 9.72. The molecule has 1 N–H and O–H groups in total. The molecule has 0 aliphatic heterocycles. The average molecular weight is 229 g/mol. The Bertz CT molecular complexity index is 462. The van der Waals surface area contributed by atoms with Crippen LogP contribution >= 0.6 is 0 Å². The molecule has 3 heteroatoms. The summed E-state index contributed by atoms with van der Waals surface area (Å²) in [7, 11) is 0.